The molecule has 0 unspecified atom stereocenters. The van der Waals surface area contributed by atoms with Crippen molar-refractivity contribution in [2.75, 3.05) is 13.7 Å². The van der Waals surface area contributed by atoms with Crippen LogP contribution >= 0.6 is 11.6 Å². The van der Waals surface area contributed by atoms with Gasteiger partial charge in [0.2, 0.25) is 0 Å². The Morgan fingerprint density at radius 3 is 2.67 bits per heavy atom. The lowest BCUT2D eigenvalue weighted by molar-refractivity contribution is 0.0954. The Hall–Kier alpha value is -2.46. The number of halogens is 1. The van der Waals surface area contributed by atoms with Crippen LogP contribution in [0, 0.1) is 6.92 Å². The van der Waals surface area contributed by atoms with Crippen molar-refractivity contribution in [2.45, 2.75) is 13.3 Å². The molecule has 0 radical (unpaired) electrons. The minimum absolute atomic E-state index is 0.0896. The fraction of sp³-hybridized carbons (Fsp3) is 0.211. The van der Waals surface area contributed by atoms with Gasteiger partial charge in [-0.2, -0.15) is 0 Å². The molecular weight excluding hydrogens is 324 g/mol. The van der Waals surface area contributed by atoms with Crippen molar-refractivity contribution in [1.82, 2.24) is 10.3 Å². The molecule has 1 aromatic heterocycles. The first-order valence-electron chi connectivity index (χ1n) is 7.77. The van der Waals surface area contributed by atoms with Crippen molar-refractivity contribution in [3.05, 3.63) is 64.3 Å². The van der Waals surface area contributed by atoms with Gasteiger partial charge in [-0.15, -0.1) is 0 Å². The van der Waals surface area contributed by atoms with Gasteiger partial charge in [0.1, 0.15) is 5.75 Å². The van der Waals surface area contributed by atoms with Crippen LogP contribution in [0.2, 0.25) is 5.02 Å². The Morgan fingerprint density at radius 2 is 1.96 bits per heavy atom. The highest BCUT2D eigenvalue weighted by molar-refractivity contribution is 6.31. The molecule has 5 heteroatoms. The van der Waals surface area contributed by atoms with Gasteiger partial charge >= 0.3 is 0 Å². The number of aryl methyl sites for hydroxylation is 1. The van der Waals surface area contributed by atoms with Crippen molar-refractivity contribution < 1.29 is 9.53 Å². The second-order valence-electron chi connectivity index (χ2n) is 5.65. The average Bonchev–Trinajstić information content (AvgIpc) is 2.90. The molecule has 4 nitrogen and oxygen atoms in total. The third-order valence-electron chi connectivity index (χ3n) is 4.09. The van der Waals surface area contributed by atoms with Crippen LogP contribution in [0.4, 0.5) is 0 Å². The van der Waals surface area contributed by atoms with Crippen LogP contribution < -0.4 is 10.1 Å². The number of fused-ring (bicyclic) bond motifs is 1. The zero-order valence-electron chi connectivity index (χ0n) is 13.7. The van der Waals surface area contributed by atoms with Crippen LogP contribution in [0.1, 0.15) is 21.6 Å². The number of benzene rings is 2. The van der Waals surface area contributed by atoms with E-state index in [9.17, 15) is 4.79 Å². The van der Waals surface area contributed by atoms with E-state index in [0.717, 1.165) is 28.8 Å². The van der Waals surface area contributed by atoms with E-state index in [2.05, 4.69) is 10.3 Å². The number of nitrogens with one attached hydrogen (secondary N) is 2. The van der Waals surface area contributed by atoms with Crippen LogP contribution in [0.25, 0.3) is 10.9 Å². The van der Waals surface area contributed by atoms with E-state index in [4.69, 9.17) is 16.3 Å². The number of amides is 1. The summed E-state index contributed by atoms with van der Waals surface area (Å²) < 4.78 is 5.10. The third kappa shape index (κ3) is 3.39. The van der Waals surface area contributed by atoms with E-state index in [1.54, 1.807) is 31.4 Å². The molecule has 0 spiro atoms. The van der Waals surface area contributed by atoms with E-state index in [1.165, 1.54) is 5.56 Å². The topological polar surface area (TPSA) is 54.1 Å². The molecule has 0 bridgehead atoms. The molecule has 0 aliphatic rings. The fourth-order valence-corrected chi connectivity index (χ4v) is 2.99. The number of aromatic nitrogens is 1. The molecule has 124 valence electrons. The zero-order valence-corrected chi connectivity index (χ0v) is 14.4. The quantitative estimate of drug-likeness (QED) is 0.733. The molecule has 24 heavy (non-hydrogen) atoms. The summed E-state index contributed by atoms with van der Waals surface area (Å²) in [7, 11) is 1.60. The Labute approximate surface area is 145 Å². The number of ether oxygens (including phenoxy) is 1. The second kappa shape index (κ2) is 6.97. The lowest BCUT2D eigenvalue weighted by Gasteiger charge is -2.07. The molecule has 2 N–H and O–H groups in total. The summed E-state index contributed by atoms with van der Waals surface area (Å²) in [5, 5.41) is 4.78. The van der Waals surface area contributed by atoms with E-state index < -0.39 is 0 Å². The maximum absolute atomic E-state index is 12.2. The van der Waals surface area contributed by atoms with Gasteiger partial charge in [-0.1, -0.05) is 11.6 Å². The maximum atomic E-state index is 12.2. The first-order valence-corrected chi connectivity index (χ1v) is 8.15. The summed E-state index contributed by atoms with van der Waals surface area (Å²) >= 11 is 6.10. The largest absolute Gasteiger partial charge is 0.497 e. The Morgan fingerprint density at radius 1 is 1.21 bits per heavy atom. The molecule has 0 atom stereocenters. The molecule has 0 aliphatic carbocycles. The smallest absolute Gasteiger partial charge is 0.251 e. The van der Waals surface area contributed by atoms with Crippen molar-refractivity contribution >= 4 is 28.4 Å². The second-order valence-corrected chi connectivity index (χ2v) is 6.09. The lowest BCUT2D eigenvalue weighted by atomic mass is 10.1. The van der Waals surface area contributed by atoms with Gasteiger partial charge in [0.05, 0.1) is 7.11 Å². The number of hydrogen-bond donors (Lipinski definition) is 2. The third-order valence-corrected chi connectivity index (χ3v) is 4.33. The van der Waals surface area contributed by atoms with Crippen LogP contribution in [0.5, 0.6) is 5.75 Å². The molecular formula is C19H19ClN2O2. The highest BCUT2D eigenvalue weighted by atomic mass is 35.5. The molecule has 0 aliphatic heterocycles. The lowest BCUT2D eigenvalue weighted by Crippen LogP contribution is -2.25. The number of aromatic amines is 1. The van der Waals surface area contributed by atoms with Crippen molar-refractivity contribution in [1.29, 1.82) is 0 Å². The Bertz CT molecular complexity index is 869. The maximum Gasteiger partial charge on any atom is 0.251 e. The molecule has 0 saturated heterocycles. The highest BCUT2D eigenvalue weighted by Gasteiger charge is 2.10. The summed E-state index contributed by atoms with van der Waals surface area (Å²) in [4.78, 5) is 15.5. The van der Waals surface area contributed by atoms with Crippen molar-refractivity contribution in [2.24, 2.45) is 0 Å². The molecule has 1 heterocycles. The summed E-state index contributed by atoms with van der Waals surface area (Å²) in [5.74, 6) is 0.644. The Kier molecular flexibility index (Phi) is 4.76. The summed E-state index contributed by atoms with van der Waals surface area (Å²) in [6.07, 6.45) is 0.744. The molecule has 2 aromatic carbocycles. The summed E-state index contributed by atoms with van der Waals surface area (Å²) in [6, 6.07) is 12.9. The van der Waals surface area contributed by atoms with E-state index >= 15 is 0 Å². The van der Waals surface area contributed by atoms with E-state index in [0.29, 0.717) is 17.1 Å². The molecule has 0 saturated carbocycles. The van der Waals surface area contributed by atoms with Crippen molar-refractivity contribution in [3.8, 4) is 5.75 Å². The first kappa shape index (κ1) is 16.4. The van der Waals surface area contributed by atoms with Gasteiger partial charge in [-0.05, 0) is 61.4 Å². The monoisotopic (exact) mass is 342 g/mol. The minimum atomic E-state index is -0.0896. The van der Waals surface area contributed by atoms with Crippen molar-refractivity contribution in [3.63, 3.8) is 0 Å². The van der Waals surface area contributed by atoms with Gasteiger partial charge in [0.25, 0.3) is 5.91 Å². The molecule has 1 amide bonds. The molecule has 0 fully saturated rings. The fourth-order valence-electron chi connectivity index (χ4n) is 2.82. The number of carbonyl (C=O) groups is 1. The van der Waals surface area contributed by atoms with Gasteiger partial charge < -0.3 is 15.0 Å². The zero-order chi connectivity index (χ0) is 17.1. The number of hydrogen-bond acceptors (Lipinski definition) is 2. The Balaban J connectivity index is 1.66. The van der Waals surface area contributed by atoms with Gasteiger partial charge in [0.15, 0.2) is 0 Å². The standard InChI is InChI=1S/C19H19ClN2O2/c1-12-16(17-11-14(20)5-8-18(17)22-12)9-10-21-19(23)13-3-6-15(24-2)7-4-13/h3-8,11,22H,9-10H2,1-2H3,(H,21,23). The number of H-pyrrole nitrogens is 1. The predicted molar refractivity (Wildman–Crippen MR) is 97.1 cm³/mol. The first-order chi connectivity index (χ1) is 11.6. The summed E-state index contributed by atoms with van der Waals surface area (Å²) in [5.41, 5.74) is 3.97. The number of methoxy groups -OCH3 is 1. The van der Waals surface area contributed by atoms with Gasteiger partial charge in [-0.3, -0.25) is 4.79 Å². The summed E-state index contributed by atoms with van der Waals surface area (Å²) in [6.45, 7) is 2.60. The van der Waals surface area contributed by atoms with Crippen LogP contribution in [0.3, 0.4) is 0 Å². The van der Waals surface area contributed by atoms with Crippen LogP contribution in [-0.2, 0) is 6.42 Å². The minimum Gasteiger partial charge on any atom is -0.497 e. The SMILES string of the molecule is COc1ccc(C(=O)NCCc2c(C)[nH]c3ccc(Cl)cc23)cc1. The van der Waals surface area contributed by atoms with Crippen LogP contribution in [0.15, 0.2) is 42.5 Å². The average molecular weight is 343 g/mol. The van der Waals surface area contributed by atoms with Crippen LogP contribution in [-0.4, -0.2) is 24.5 Å². The van der Waals surface area contributed by atoms with Gasteiger partial charge in [-0.25, -0.2) is 0 Å². The number of carbonyl (C=O) groups excluding carboxylic acids is 1. The molecule has 3 rings (SSSR count). The highest BCUT2D eigenvalue weighted by Crippen LogP contribution is 2.25. The predicted octanol–water partition coefficient (Wildman–Crippen LogP) is 4.11. The van der Waals surface area contributed by atoms with E-state index in [1.807, 2.05) is 25.1 Å². The molecule has 3 aromatic rings. The normalized spacial score (nSPS) is 10.8. The van der Waals surface area contributed by atoms with E-state index in [-0.39, 0.29) is 5.91 Å². The number of rotatable bonds is 5. The van der Waals surface area contributed by atoms with Gasteiger partial charge in [0, 0.05) is 33.7 Å².